The first kappa shape index (κ1) is 18.0. The van der Waals surface area contributed by atoms with Gasteiger partial charge in [0, 0.05) is 0 Å². The summed E-state index contributed by atoms with van der Waals surface area (Å²) in [5.41, 5.74) is 1.75. The SMILES string of the molecule is Cc1ccc(OCc2ccc(F)cc2B2OC(C)(C)C(C)(C)O2)cc1. The van der Waals surface area contributed by atoms with Crippen molar-refractivity contribution in [2.24, 2.45) is 0 Å². The minimum atomic E-state index is -0.614. The molecule has 1 aliphatic rings. The minimum absolute atomic E-state index is 0.316. The Morgan fingerprint density at radius 3 is 2.16 bits per heavy atom. The van der Waals surface area contributed by atoms with Crippen LogP contribution in [0.25, 0.3) is 0 Å². The molecule has 0 unspecified atom stereocenters. The van der Waals surface area contributed by atoms with E-state index in [0.717, 1.165) is 11.3 Å². The van der Waals surface area contributed by atoms with Crippen LogP contribution >= 0.6 is 0 Å². The standard InChI is InChI=1S/C20H24BFO3/c1-14-6-10-17(11-7-14)23-13-15-8-9-16(22)12-18(15)21-24-19(2,3)20(4,5)25-21/h6-12H,13H2,1-5H3. The number of ether oxygens (including phenoxy) is 1. The zero-order chi connectivity index (χ0) is 18.2. The molecule has 0 spiro atoms. The van der Waals surface area contributed by atoms with E-state index in [4.69, 9.17) is 14.0 Å². The van der Waals surface area contributed by atoms with Gasteiger partial charge in [-0.1, -0.05) is 23.8 Å². The van der Waals surface area contributed by atoms with E-state index in [2.05, 4.69) is 0 Å². The first-order chi connectivity index (χ1) is 11.7. The van der Waals surface area contributed by atoms with Crippen LogP contribution in [0.3, 0.4) is 0 Å². The maximum atomic E-state index is 13.8. The van der Waals surface area contributed by atoms with E-state index in [0.29, 0.717) is 12.1 Å². The molecule has 132 valence electrons. The highest BCUT2D eigenvalue weighted by Gasteiger charge is 2.52. The lowest BCUT2D eigenvalue weighted by molar-refractivity contribution is 0.00578. The molecule has 0 aliphatic carbocycles. The lowest BCUT2D eigenvalue weighted by Gasteiger charge is -2.32. The van der Waals surface area contributed by atoms with Gasteiger partial charge in [0.05, 0.1) is 11.2 Å². The van der Waals surface area contributed by atoms with Crippen LogP contribution in [0, 0.1) is 12.7 Å². The zero-order valence-electron chi connectivity index (χ0n) is 15.4. The van der Waals surface area contributed by atoms with Gasteiger partial charge in [-0.05, 0) is 69.9 Å². The normalized spacial score (nSPS) is 18.4. The zero-order valence-corrected chi connectivity index (χ0v) is 15.4. The smallest absolute Gasteiger partial charge is 0.489 e. The molecule has 0 aromatic heterocycles. The summed E-state index contributed by atoms with van der Waals surface area (Å²) in [6, 6.07) is 12.5. The molecule has 5 heteroatoms. The first-order valence-corrected chi connectivity index (χ1v) is 8.51. The predicted molar refractivity (Wildman–Crippen MR) is 97.6 cm³/mol. The predicted octanol–water partition coefficient (Wildman–Crippen LogP) is 4.01. The fourth-order valence-electron chi connectivity index (χ4n) is 2.68. The molecule has 3 nitrogen and oxygen atoms in total. The van der Waals surface area contributed by atoms with Gasteiger partial charge in [-0.15, -0.1) is 0 Å². The van der Waals surface area contributed by atoms with Gasteiger partial charge in [-0.3, -0.25) is 0 Å². The number of aryl methyl sites for hydroxylation is 1. The van der Waals surface area contributed by atoms with Crippen molar-refractivity contribution in [3.8, 4) is 5.75 Å². The number of benzene rings is 2. The van der Waals surface area contributed by atoms with Crippen LogP contribution in [0.1, 0.15) is 38.8 Å². The average molecular weight is 342 g/mol. The first-order valence-electron chi connectivity index (χ1n) is 8.51. The van der Waals surface area contributed by atoms with Crippen molar-refractivity contribution in [1.82, 2.24) is 0 Å². The maximum absolute atomic E-state index is 13.8. The highest BCUT2D eigenvalue weighted by molar-refractivity contribution is 6.62. The molecule has 0 amide bonds. The van der Waals surface area contributed by atoms with Crippen molar-refractivity contribution in [1.29, 1.82) is 0 Å². The van der Waals surface area contributed by atoms with Crippen LogP contribution in [-0.2, 0) is 15.9 Å². The van der Waals surface area contributed by atoms with Gasteiger partial charge in [0.2, 0.25) is 0 Å². The second-order valence-corrected chi connectivity index (χ2v) is 7.53. The number of hydrogen-bond donors (Lipinski definition) is 0. The third-order valence-corrected chi connectivity index (χ3v) is 5.03. The Kier molecular flexibility index (Phi) is 4.65. The minimum Gasteiger partial charge on any atom is -0.489 e. The molecular weight excluding hydrogens is 318 g/mol. The summed E-state index contributed by atoms with van der Waals surface area (Å²) in [5.74, 6) is 0.457. The molecule has 25 heavy (non-hydrogen) atoms. The molecule has 0 atom stereocenters. The van der Waals surface area contributed by atoms with Crippen LogP contribution in [0.2, 0.25) is 0 Å². The second-order valence-electron chi connectivity index (χ2n) is 7.53. The summed E-state index contributed by atoms with van der Waals surface area (Å²) in [7, 11) is -0.614. The van der Waals surface area contributed by atoms with Crippen molar-refractivity contribution in [2.75, 3.05) is 0 Å². The molecule has 0 bridgehead atoms. The summed E-state index contributed by atoms with van der Waals surface area (Å²) >= 11 is 0. The molecule has 2 aromatic rings. The monoisotopic (exact) mass is 342 g/mol. The van der Waals surface area contributed by atoms with E-state index in [1.165, 1.54) is 17.7 Å². The van der Waals surface area contributed by atoms with Crippen LogP contribution in [0.4, 0.5) is 4.39 Å². The number of rotatable bonds is 4. The molecule has 1 saturated heterocycles. The Balaban J connectivity index is 1.83. The molecule has 0 radical (unpaired) electrons. The molecule has 1 heterocycles. The molecule has 2 aromatic carbocycles. The van der Waals surface area contributed by atoms with Crippen molar-refractivity contribution in [3.05, 3.63) is 59.4 Å². The summed E-state index contributed by atoms with van der Waals surface area (Å²) in [4.78, 5) is 0. The summed E-state index contributed by atoms with van der Waals surface area (Å²) in [6.45, 7) is 10.3. The Hall–Kier alpha value is -1.85. The topological polar surface area (TPSA) is 27.7 Å². The van der Waals surface area contributed by atoms with Gasteiger partial charge < -0.3 is 14.0 Å². The van der Waals surface area contributed by atoms with E-state index < -0.39 is 18.3 Å². The number of hydrogen-bond acceptors (Lipinski definition) is 3. The van der Waals surface area contributed by atoms with Gasteiger partial charge in [-0.2, -0.15) is 0 Å². The quantitative estimate of drug-likeness (QED) is 0.786. The second kappa shape index (κ2) is 6.47. The molecule has 0 saturated carbocycles. The van der Waals surface area contributed by atoms with Crippen molar-refractivity contribution < 1.29 is 18.4 Å². The third kappa shape index (κ3) is 3.72. The van der Waals surface area contributed by atoms with Gasteiger partial charge in [0.15, 0.2) is 0 Å². The van der Waals surface area contributed by atoms with Gasteiger partial charge >= 0.3 is 7.12 Å². The van der Waals surface area contributed by atoms with E-state index in [9.17, 15) is 4.39 Å². The average Bonchev–Trinajstić information content (AvgIpc) is 2.75. The molecule has 3 rings (SSSR count). The fraction of sp³-hybridized carbons (Fsp3) is 0.400. The van der Waals surface area contributed by atoms with E-state index >= 15 is 0 Å². The van der Waals surface area contributed by atoms with Crippen LogP contribution in [0.15, 0.2) is 42.5 Å². The fourth-order valence-corrected chi connectivity index (χ4v) is 2.68. The van der Waals surface area contributed by atoms with E-state index in [1.54, 1.807) is 6.07 Å². The summed E-state index contributed by atoms with van der Waals surface area (Å²) < 4.78 is 31.8. The lowest BCUT2D eigenvalue weighted by atomic mass is 9.76. The van der Waals surface area contributed by atoms with Gasteiger partial charge in [0.1, 0.15) is 18.2 Å². The Bertz CT molecular complexity index is 740. The maximum Gasteiger partial charge on any atom is 0.495 e. The van der Waals surface area contributed by atoms with Crippen molar-refractivity contribution in [2.45, 2.75) is 52.4 Å². The number of halogens is 1. The van der Waals surface area contributed by atoms with E-state index in [1.807, 2.05) is 58.9 Å². The molecule has 1 aliphatic heterocycles. The van der Waals surface area contributed by atoms with Crippen molar-refractivity contribution >= 4 is 12.6 Å². The highest BCUT2D eigenvalue weighted by Crippen LogP contribution is 2.36. The summed E-state index contributed by atoms with van der Waals surface area (Å²) in [6.07, 6.45) is 0. The van der Waals surface area contributed by atoms with Crippen LogP contribution < -0.4 is 10.2 Å². The molecular formula is C20H24BFO3. The largest absolute Gasteiger partial charge is 0.495 e. The van der Waals surface area contributed by atoms with Gasteiger partial charge in [-0.25, -0.2) is 4.39 Å². The van der Waals surface area contributed by atoms with Gasteiger partial charge in [0.25, 0.3) is 0 Å². The van der Waals surface area contributed by atoms with Crippen LogP contribution in [0.5, 0.6) is 5.75 Å². The highest BCUT2D eigenvalue weighted by atomic mass is 19.1. The Morgan fingerprint density at radius 2 is 1.56 bits per heavy atom. The van der Waals surface area contributed by atoms with Crippen molar-refractivity contribution in [3.63, 3.8) is 0 Å². The third-order valence-electron chi connectivity index (χ3n) is 5.03. The molecule has 1 fully saturated rings. The summed E-state index contributed by atoms with van der Waals surface area (Å²) in [5, 5.41) is 0. The lowest BCUT2D eigenvalue weighted by Crippen LogP contribution is -2.41. The molecule has 0 N–H and O–H groups in total. The Labute approximate surface area is 149 Å². The van der Waals surface area contributed by atoms with E-state index in [-0.39, 0.29) is 5.82 Å². The van der Waals surface area contributed by atoms with Crippen LogP contribution in [-0.4, -0.2) is 18.3 Å². The Morgan fingerprint density at radius 1 is 0.960 bits per heavy atom.